The number of H-pyrrole nitrogens is 1. The summed E-state index contributed by atoms with van der Waals surface area (Å²) in [6.07, 6.45) is 0.575. The van der Waals surface area contributed by atoms with Crippen LogP contribution in [0.25, 0.3) is 11.0 Å². The molecule has 0 amide bonds. The number of nitrogens with one attached hydrogen (secondary N) is 1. The van der Waals surface area contributed by atoms with Crippen LogP contribution < -0.4 is 15.0 Å². The zero-order chi connectivity index (χ0) is 12.4. The van der Waals surface area contributed by atoms with Gasteiger partial charge < -0.3 is 14.5 Å². The molecule has 0 aliphatic heterocycles. The molecule has 0 fully saturated rings. The van der Waals surface area contributed by atoms with Gasteiger partial charge in [-0.3, -0.25) is 4.79 Å². The summed E-state index contributed by atoms with van der Waals surface area (Å²) in [6, 6.07) is 3.51. The maximum absolute atomic E-state index is 11.7. The molecule has 0 aliphatic rings. The third-order valence-electron chi connectivity index (χ3n) is 2.62. The van der Waals surface area contributed by atoms with Crippen molar-refractivity contribution < 1.29 is 9.47 Å². The number of aromatic nitrogens is 2. The first-order valence-corrected chi connectivity index (χ1v) is 5.35. The van der Waals surface area contributed by atoms with E-state index in [9.17, 15) is 4.79 Å². The molecule has 5 heteroatoms. The molecule has 1 heterocycles. The van der Waals surface area contributed by atoms with Gasteiger partial charge in [-0.2, -0.15) is 0 Å². The van der Waals surface area contributed by atoms with Gasteiger partial charge in [0.05, 0.1) is 14.2 Å². The smallest absolute Gasteiger partial charge is 0.270 e. The number of rotatable bonds is 3. The minimum Gasteiger partial charge on any atom is -0.494 e. The predicted octanol–water partition coefficient (Wildman–Crippen LogP) is 1.50. The number of aryl methyl sites for hydroxylation is 1. The summed E-state index contributed by atoms with van der Waals surface area (Å²) in [7, 11) is 3.12. The van der Waals surface area contributed by atoms with Crippen LogP contribution in [0.2, 0.25) is 0 Å². The van der Waals surface area contributed by atoms with Crippen molar-refractivity contribution in [3.05, 3.63) is 28.2 Å². The van der Waals surface area contributed by atoms with Crippen LogP contribution in [0.4, 0.5) is 0 Å². The zero-order valence-electron chi connectivity index (χ0n) is 10.0. The highest BCUT2D eigenvalue weighted by atomic mass is 16.5. The van der Waals surface area contributed by atoms with Gasteiger partial charge in [0.25, 0.3) is 5.56 Å². The average Bonchev–Trinajstić information content (AvgIpc) is 2.36. The first kappa shape index (κ1) is 11.4. The monoisotopic (exact) mass is 234 g/mol. The van der Waals surface area contributed by atoms with Gasteiger partial charge in [0.2, 0.25) is 0 Å². The lowest BCUT2D eigenvalue weighted by molar-refractivity contribution is 0.409. The molecule has 17 heavy (non-hydrogen) atoms. The first-order valence-electron chi connectivity index (χ1n) is 5.35. The molecule has 0 saturated carbocycles. The fourth-order valence-corrected chi connectivity index (χ4v) is 1.73. The van der Waals surface area contributed by atoms with Gasteiger partial charge in [-0.1, -0.05) is 6.92 Å². The lowest BCUT2D eigenvalue weighted by Gasteiger charge is -2.09. The van der Waals surface area contributed by atoms with Crippen molar-refractivity contribution >= 4 is 11.0 Å². The number of hydrogen-bond acceptors (Lipinski definition) is 4. The van der Waals surface area contributed by atoms with Crippen LogP contribution in [0.15, 0.2) is 16.9 Å². The van der Waals surface area contributed by atoms with Crippen LogP contribution in [0.1, 0.15) is 12.6 Å². The summed E-state index contributed by atoms with van der Waals surface area (Å²) in [5, 5.41) is 0. The number of fused-ring (bicyclic) bond motifs is 1. The summed E-state index contributed by atoms with van der Waals surface area (Å²) < 4.78 is 10.4. The van der Waals surface area contributed by atoms with E-state index >= 15 is 0 Å². The Labute approximate surface area is 98.4 Å². The highest BCUT2D eigenvalue weighted by Gasteiger charge is 2.11. The van der Waals surface area contributed by atoms with E-state index in [1.807, 2.05) is 6.92 Å². The number of hydrogen-bond donors (Lipinski definition) is 1. The third-order valence-corrected chi connectivity index (χ3v) is 2.62. The van der Waals surface area contributed by atoms with Gasteiger partial charge in [0, 0.05) is 0 Å². The minimum absolute atomic E-state index is 0.188. The topological polar surface area (TPSA) is 64.2 Å². The largest absolute Gasteiger partial charge is 0.494 e. The van der Waals surface area contributed by atoms with Crippen LogP contribution in [0, 0.1) is 0 Å². The second kappa shape index (κ2) is 4.45. The van der Waals surface area contributed by atoms with E-state index in [0.717, 1.165) is 0 Å². The molecule has 2 aromatic rings. The van der Waals surface area contributed by atoms with Crippen molar-refractivity contribution in [3.8, 4) is 11.5 Å². The fraction of sp³-hybridized carbons (Fsp3) is 0.333. The van der Waals surface area contributed by atoms with Gasteiger partial charge >= 0.3 is 0 Å². The number of nitrogens with zero attached hydrogens (tertiary/aromatic N) is 1. The molecular weight excluding hydrogens is 220 g/mol. The van der Waals surface area contributed by atoms with Crippen molar-refractivity contribution in [1.29, 1.82) is 0 Å². The van der Waals surface area contributed by atoms with E-state index in [4.69, 9.17) is 9.47 Å². The molecule has 90 valence electrons. The zero-order valence-corrected chi connectivity index (χ0v) is 10.0. The SMILES string of the molecule is CCc1nc2c(OC)ccc(OC)c2[nH]c1=O. The van der Waals surface area contributed by atoms with Gasteiger partial charge in [-0.05, 0) is 18.6 Å². The third kappa shape index (κ3) is 1.84. The van der Waals surface area contributed by atoms with Crippen LogP contribution in [-0.4, -0.2) is 24.2 Å². The second-order valence-electron chi connectivity index (χ2n) is 3.56. The molecule has 0 spiro atoms. The van der Waals surface area contributed by atoms with Crippen molar-refractivity contribution in [2.24, 2.45) is 0 Å². The molecule has 0 saturated heterocycles. The number of methoxy groups -OCH3 is 2. The summed E-state index contributed by atoms with van der Waals surface area (Å²) in [5.41, 5.74) is 1.48. The summed E-state index contributed by atoms with van der Waals surface area (Å²) >= 11 is 0. The molecule has 1 N–H and O–H groups in total. The molecule has 1 aromatic carbocycles. The Morgan fingerprint density at radius 3 is 2.47 bits per heavy atom. The first-order chi connectivity index (χ1) is 8.21. The van der Waals surface area contributed by atoms with Crippen molar-refractivity contribution in [3.63, 3.8) is 0 Å². The second-order valence-corrected chi connectivity index (χ2v) is 3.56. The molecular formula is C12H14N2O3. The fourth-order valence-electron chi connectivity index (χ4n) is 1.73. The molecule has 1 aromatic heterocycles. The quantitative estimate of drug-likeness (QED) is 0.874. The van der Waals surface area contributed by atoms with Crippen molar-refractivity contribution in [2.75, 3.05) is 14.2 Å². The summed E-state index contributed by atoms with van der Waals surface area (Å²) in [5.74, 6) is 1.19. The maximum atomic E-state index is 11.7. The van der Waals surface area contributed by atoms with E-state index in [1.165, 1.54) is 0 Å². The van der Waals surface area contributed by atoms with Crippen molar-refractivity contribution in [1.82, 2.24) is 9.97 Å². The number of ether oxygens (including phenoxy) is 2. The highest BCUT2D eigenvalue weighted by Crippen LogP contribution is 2.29. The van der Waals surface area contributed by atoms with E-state index in [0.29, 0.717) is 34.6 Å². The lowest BCUT2D eigenvalue weighted by Crippen LogP contribution is -2.15. The molecule has 0 aliphatic carbocycles. The van der Waals surface area contributed by atoms with E-state index in [2.05, 4.69) is 9.97 Å². The molecule has 5 nitrogen and oxygen atoms in total. The van der Waals surface area contributed by atoms with Crippen molar-refractivity contribution in [2.45, 2.75) is 13.3 Å². The Hall–Kier alpha value is -2.04. The van der Waals surface area contributed by atoms with Gasteiger partial charge in [-0.25, -0.2) is 4.98 Å². The van der Waals surface area contributed by atoms with Gasteiger partial charge in [0.1, 0.15) is 28.2 Å². The standard InChI is InChI=1S/C12H14N2O3/c1-4-7-12(15)14-11-9(17-3)6-5-8(16-2)10(11)13-7/h5-6H,4H2,1-3H3,(H,14,15). The summed E-state index contributed by atoms with van der Waals surface area (Å²) in [4.78, 5) is 18.8. The Bertz CT molecular complexity index is 604. The predicted molar refractivity (Wildman–Crippen MR) is 64.8 cm³/mol. The van der Waals surface area contributed by atoms with Crippen LogP contribution in [0.5, 0.6) is 11.5 Å². The van der Waals surface area contributed by atoms with Crippen LogP contribution in [-0.2, 0) is 6.42 Å². The number of benzene rings is 1. The maximum Gasteiger partial charge on any atom is 0.270 e. The Morgan fingerprint density at radius 1 is 1.24 bits per heavy atom. The van der Waals surface area contributed by atoms with E-state index < -0.39 is 0 Å². The summed E-state index contributed by atoms with van der Waals surface area (Å²) in [6.45, 7) is 1.88. The molecule has 2 rings (SSSR count). The Morgan fingerprint density at radius 2 is 1.88 bits per heavy atom. The molecule has 0 bridgehead atoms. The van der Waals surface area contributed by atoms with E-state index in [1.54, 1.807) is 26.4 Å². The highest BCUT2D eigenvalue weighted by molar-refractivity contribution is 5.86. The normalized spacial score (nSPS) is 10.5. The average molecular weight is 234 g/mol. The molecule has 0 atom stereocenters. The van der Waals surface area contributed by atoms with Crippen LogP contribution >= 0.6 is 0 Å². The molecule has 0 radical (unpaired) electrons. The van der Waals surface area contributed by atoms with E-state index in [-0.39, 0.29) is 5.56 Å². The molecule has 0 unspecified atom stereocenters. The van der Waals surface area contributed by atoms with Crippen LogP contribution in [0.3, 0.4) is 0 Å². The lowest BCUT2D eigenvalue weighted by atomic mass is 10.2. The Kier molecular flexibility index (Phi) is 2.99. The minimum atomic E-state index is -0.188. The van der Waals surface area contributed by atoms with Gasteiger partial charge in [0.15, 0.2) is 0 Å². The van der Waals surface area contributed by atoms with Gasteiger partial charge in [-0.15, -0.1) is 0 Å². The Balaban J connectivity index is 2.86. The number of aromatic amines is 1.